The summed E-state index contributed by atoms with van der Waals surface area (Å²) in [6, 6.07) is 11.6. The molecule has 2 aromatic carbocycles. The molecular formula is C43H58N4O7. The maximum Gasteiger partial charge on any atom is 0.332 e. The van der Waals surface area contributed by atoms with Gasteiger partial charge in [0.1, 0.15) is 30.3 Å². The smallest absolute Gasteiger partial charge is 0.332 e. The number of ether oxygens (including phenoxy) is 2. The van der Waals surface area contributed by atoms with Crippen LogP contribution in [0, 0.1) is 17.8 Å². The Morgan fingerprint density at radius 1 is 0.907 bits per heavy atom. The van der Waals surface area contributed by atoms with Crippen LogP contribution in [0.5, 0.6) is 0 Å². The molecule has 3 saturated carbocycles. The Kier molecular flexibility index (Phi) is 13.1. The largest absolute Gasteiger partial charge is 0.460 e. The second-order valence-corrected chi connectivity index (χ2v) is 15.9. The van der Waals surface area contributed by atoms with E-state index in [0.29, 0.717) is 19.4 Å². The Morgan fingerprint density at radius 3 is 2.22 bits per heavy atom. The molecule has 6 atom stereocenters. The van der Waals surface area contributed by atoms with Crippen LogP contribution in [0.4, 0.5) is 0 Å². The molecule has 4 aliphatic rings. The minimum atomic E-state index is -1.16. The van der Waals surface area contributed by atoms with Crippen molar-refractivity contribution in [2.45, 2.75) is 134 Å². The van der Waals surface area contributed by atoms with Gasteiger partial charge in [-0.1, -0.05) is 107 Å². The molecule has 4 amide bonds. The van der Waals surface area contributed by atoms with Gasteiger partial charge in [0.25, 0.3) is 0 Å². The van der Waals surface area contributed by atoms with Crippen molar-refractivity contribution in [2.75, 3.05) is 13.2 Å². The number of nitrogens with zero attached hydrogens (tertiary/aromatic N) is 1. The number of carbonyl (C=O) groups excluding carboxylic acids is 5. The highest BCUT2D eigenvalue weighted by molar-refractivity contribution is 5.97. The first-order chi connectivity index (χ1) is 26.1. The Labute approximate surface area is 319 Å². The molecule has 2 unspecified atom stereocenters. The van der Waals surface area contributed by atoms with Crippen molar-refractivity contribution in [3.8, 4) is 0 Å². The molecule has 0 radical (unpaired) electrons. The fourth-order valence-electron chi connectivity index (χ4n) is 9.23. The number of amides is 4. The maximum absolute atomic E-state index is 15.0. The first-order valence-corrected chi connectivity index (χ1v) is 20.2. The molecule has 11 heteroatoms. The van der Waals surface area contributed by atoms with E-state index in [-0.39, 0.29) is 55.0 Å². The summed E-state index contributed by atoms with van der Waals surface area (Å²) in [6.07, 6.45) is 11.6. The quantitative estimate of drug-likeness (QED) is 0.162. The highest BCUT2D eigenvalue weighted by Crippen LogP contribution is 2.47. The summed E-state index contributed by atoms with van der Waals surface area (Å²) in [7, 11) is 0. The zero-order valence-electron chi connectivity index (χ0n) is 32.0. The van der Waals surface area contributed by atoms with Crippen molar-refractivity contribution >= 4 is 40.4 Å². The standard InChI is InChI=1S/C43H58N4O7/c1-4-23-53-42(52)43(25-33(43)5-2)46-39(49)36-24-34(54-27-32-21-14-20-29-15-12-13-22-35(29)32)26-47(36)41(51)38(31-18-10-7-11-19-31)45-40(50)37(44-28(3)48)30-16-8-6-9-17-30/h4,12-15,20-22,30-31,33-34,36-38H,1,5-11,16-19,23-27H2,2-3H3,(H,44,48)(H,45,50)(H,46,49)/t33-,34+,36-,37?,38?,43+/m0/s1. The van der Waals surface area contributed by atoms with Gasteiger partial charge in [0.15, 0.2) is 0 Å². The zero-order chi connectivity index (χ0) is 38.2. The van der Waals surface area contributed by atoms with Gasteiger partial charge in [-0.25, -0.2) is 4.79 Å². The summed E-state index contributed by atoms with van der Waals surface area (Å²) < 4.78 is 11.9. The second kappa shape index (κ2) is 17.9. The van der Waals surface area contributed by atoms with E-state index >= 15 is 0 Å². The SMILES string of the molecule is C=CCOC(=O)[C@@]1(NC(=O)[C@@H]2C[C@@H](OCc3cccc4ccccc34)CN2C(=O)C(NC(=O)C(NC(C)=O)C2CCCCC2)C2CCCCC2)C[C@@H]1CC. The van der Waals surface area contributed by atoms with E-state index in [1.165, 1.54) is 13.0 Å². The number of benzene rings is 2. The van der Waals surface area contributed by atoms with Gasteiger partial charge in [0.2, 0.25) is 23.6 Å². The lowest BCUT2D eigenvalue weighted by atomic mass is 9.81. The summed E-state index contributed by atoms with van der Waals surface area (Å²) >= 11 is 0. The Bertz CT molecular complexity index is 1680. The second-order valence-electron chi connectivity index (χ2n) is 15.9. The molecule has 0 aromatic heterocycles. The number of rotatable bonds is 15. The van der Waals surface area contributed by atoms with Crippen molar-refractivity contribution in [1.29, 1.82) is 0 Å². The van der Waals surface area contributed by atoms with Gasteiger partial charge >= 0.3 is 5.97 Å². The van der Waals surface area contributed by atoms with Crippen LogP contribution in [0.2, 0.25) is 0 Å². The van der Waals surface area contributed by atoms with Crippen LogP contribution < -0.4 is 16.0 Å². The molecule has 11 nitrogen and oxygen atoms in total. The van der Waals surface area contributed by atoms with E-state index in [0.717, 1.165) is 80.5 Å². The van der Waals surface area contributed by atoms with Gasteiger partial charge < -0.3 is 30.3 Å². The summed E-state index contributed by atoms with van der Waals surface area (Å²) in [5.41, 5.74) is -0.153. The molecular weight excluding hydrogens is 684 g/mol. The zero-order valence-corrected chi connectivity index (χ0v) is 32.0. The number of esters is 1. The van der Waals surface area contributed by atoms with E-state index in [9.17, 15) is 24.0 Å². The molecule has 1 saturated heterocycles. The fourth-order valence-corrected chi connectivity index (χ4v) is 9.23. The van der Waals surface area contributed by atoms with Crippen LogP contribution in [0.15, 0.2) is 55.1 Å². The molecule has 1 aliphatic heterocycles. The lowest BCUT2D eigenvalue weighted by Gasteiger charge is -2.37. The normalized spacial score (nSPS) is 25.7. The Balaban J connectivity index is 1.27. The van der Waals surface area contributed by atoms with Crippen molar-refractivity contribution in [3.05, 3.63) is 60.7 Å². The third-order valence-corrected chi connectivity index (χ3v) is 12.3. The number of fused-ring (bicyclic) bond motifs is 1. The number of hydrogen-bond acceptors (Lipinski definition) is 7. The third-order valence-electron chi connectivity index (χ3n) is 12.3. The Morgan fingerprint density at radius 2 is 1.57 bits per heavy atom. The molecule has 292 valence electrons. The van der Waals surface area contributed by atoms with Crippen molar-refractivity contribution in [2.24, 2.45) is 17.8 Å². The molecule has 6 rings (SSSR count). The summed E-state index contributed by atoms with van der Waals surface area (Å²) in [5, 5.41) is 11.2. The van der Waals surface area contributed by atoms with Crippen molar-refractivity contribution < 1.29 is 33.4 Å². The van der Waals surface area contributed by atoms with E-state index < -0.39 is 41.6 Å². The predicted molar refractivity (Wildman–Crippen MR) is 206 cm³/mol. The average Bonchev–Trinajstić information content (AvgIpc) is 3.74. The van der Waals surface area contributed by atoms with Crippen LogP contribution in [0.25, 0.3) is 10.8 Å². The monoisotopic (exact) mass is 742 g/mol. The van der Waals surface area contributed by atoms with Gasteiger partial charge in [-0.3, -0.25) is 19.2 Å². The highest BCUT2D eigenvalue weighted by Gasteiger charge is 2.62. The highest BCUT2D eigenvalue weighted by atomic mass is 16.5. The number of nitrogens with one attached hydrogen (secondary N) is 3. The molecule has 2 aromatic rings. The number of hydrogen-bond donors (Lipinski definition) is 3. The van der Waals surface area contributed by atoms with Gasteiger partial charge in [0.05, 0.1) is 12.7 Å². The molecule has 54 heavy (non-hydrogen) atoms. The molecule has 0 bridgehead atoms. The lowest BCUT2D eigenvalue weighted by molar-refractivity contribution is -0.150. The Hall–Kier alpha value is -4.25. The molecule has 4 fully saturated rings. The van der Waals surface area contributed by atoms with Crippen LogP contribution in [-0.4, -0.2) is 77.4 Å². The summed E-state index contributed by atoms with van der Waals surface area (Å²) in [6.45, 7) is 7.52. The van der Waals surface area contributed by atoms with Crippen LogP contribution in [0.3, 0.4) is 0 Å². The van der Waals surface area contributed by atoms with Gasteiger partial charge in [-0.05, 0) is 66.2 Å². The number of likely N-dealkylation sites (tertiary alicyclic amines) is 1. The molecule has 0 spiro atoms. The van der Waals surface area contributed by atoms with E-state index in [4.69, 9.17) is 9.47 Å². The van der Waals surface area contributed by atoms with Crippen LogP contribution in [0.1, 0.15) is 103 Å². The van der Waals surface area contributed by atoms with Gasteiger partial charge in [-0.2, -0.15) is 0 Å². The van der Waals surface area contributed by atoms with Gasteiger partial charge in [-0.15, -0.1) is 0 Å². The van der Waals surface area contributed by atoms with Crippen LogP contribution in [-0.2, 0) is 40.1 Å². The van der Waals surface area contributed by atoms with Crippen molar-refractivity contribution in [1.82, 2.24) is 20.9 Å². The predicted octanol–water partition coefficient (Wildman–Crippen LogP) is 5.49. The topological polar surface area (TPSA) is 143 Å². The first kappa shape index (κ1) is 39.4. The van der Waals surface area contributed by atoms with Crippen LogP contribution >= 0.6 is 0 Å². The fraction of sp³-hybridized carbons (Fsp3) is 0.605. The summed E-state index contributed by atoms with van der Waals surface area (Å²) in [4.78, 5) is 70.7. The minimum absolute atomic E-state index is 0.0102. The average molecular weight is 743 g/mol. The lowest BCUT2D eigenvalue weighted by Crippen LogP contribution is -2.61. The number of carbonyl (C=O) groups is 5. The molecule has 1 heterocycles. The molecule has 3 N–H and O–H groups in total. The van der Waals surface area contributed by atoms with E-state index in [2.05, 4.69) is 40.7 Å². The minimum Gasteiger partial charge on any atom is -0.460 e. The molecule has 3 aliphatic carbocycles. The van der Waals surface area contributed by atoms with E-state index in [1.54, 1.807) is 4.90 Å². The maximum atomic E-state index is 15.0. The summed E-state index contributed by atoms with van der Waals surface area (Å²) in [5.74, 6) is -2.10. The van der Waals surface area contributed by atoms with Gasteiger partial charge in [0, 0.05) is 19.9 Å². The van der Waals surface area contributed by atoms with E-state index in [1.807, 2.05) is 31.2 Å². The van der Waals surface area contributed by atoms with Crippen molar-refractivity contribution in [3.63, 3.8) is 0 Å². The first-order valence-electron chi connectivity index (χ1n) is 20.2. The third kappa shape index (κ3) is 8.99.